The lowest BCUT2D eigenvalue weighted by Gasteiger charge is -2.10. The molecule has 2 rings (SSSR count). The Morgan fingerprint density at radius 1 is 1.08 bits per heavy atom. The Kier molecular flexibility index (Phi) is 6.35. The molecule has 138 valence electrons. The van der Waals surface area contributed by atoms with Crippen molar-refractivity contribution >= 4 is 17.6 Å². The number of hydrogen-bond acceptors (Lipinski definition) is 4. The largest absolute Gasteiger partial charge is 0.452 e. The first-order valence-corrected chi connectivity index (χ1v) is 7.51. The molecule has 2 aromatic carbocycles. The Morgan fingerprint density at radius 2 is 1.81 bits per heavy atom. The molecule has 1 amide bonds. The highest BCUT2D eigenvalue weighted by atomic mass is 19.4. The number of methoxy groups -OCH3 is 1. The van der Waals surface area contributed by atoms with Crippen molar-refractivity contribution in [1.82, 2.24) is 0 Å². The molecular formula is C18H16F3NO4. The van der Waals surface area contributed by atoms with Gasteiger partial charge in [-0.15, -0.1) is 0 Å². The molecule has 0 bridgehead atoms. The monoisotopic (exact) mass is 367 g/mol. The minimum absolute atomic E-state index is 0.0389. The molecule has 1 N–H and O–H groups in total. The Hall–Kier alpha value is -2.87. The van der Waals surface area contributed by atoms with Crippen LogP contribution in [0.2, 0.25) is 0 Å². The van der Waals surface area contributed by atoms with Crippen LogP contribution in [-0.2, 0) is 27.1 Å². The predicted molar refractivity (Wildman–Crippen MR) is 87.5 cm³/mol. The number of carbonyl (C=O) groups excluding carboxylic acids is 2. The van der Waals surface area contributed by atoms with Gasteiger partial charge in [0, 0.05) is 12.8 Å². The summed E-state index contributed by atoms with van der Waals surface area (Å²) in [6.07, 6.45) is -4.51. The Bertz CT molecular complexity index is 790. The quantitative estimate of drug-likeness (QED) is 0.792. The lowest BCUT2D eigenvalue weighted by atomic mass is 10.1. The number of esters is 1. The number of carbonyl (C=O) groups is 2. The second-order valence-corrected chi connectivity index (χ2v) is 5.34. The molecule has 0 spiro atoms. The zero-order valence-corrected chi connectivity index (χ0v) is 13.8. The summed E-state index contributed by atoms with van der Waals surface area (Å²) in [6, 6.07) is 10.7. The lowest BCUT2D eigenvalue weighted by Crippen LogP contribution is -2.21. The van der Waals surface area contributed by atoms with Crippen LogP contribution in [0.15, 0.2) is 48.5 Å². The molecule has 5 nitrogen and oxygen atoms in total. The minimum atomic E-state index is -4.51. The number of hydrogen-bond donors (Lipinski definition) is 1. The molecule has 2 aromatic rings. The fourth-order valence-electron chi connectivity index (χ4n) is 2.14. The second-order valence-electron chi connectivity index (χ2n) is 5.34. The van der Waals surface area contributed by atoms with Crippen molar-refractivity contribution in [3.05, 3.63) is 65.2 Å². The first-order valence-electron chi connectivity index (χ1n) is 7.51. The average molecular weight is 367 g/mol. The molecule has 0 saturated carbocycles. The molecule has 0 aromatic heterocycles. The number of ether oxygens (including phenoxy) is 2. The van der Waals surface area contributed by atoms with Gasteiger partial charge in [-0.1, -0.05) is 18.2 Å². The zero-order chi connectivity index (χ0) is 19.2. The van der Waals surface area contributed by atoms with Crippen LogP contribution in [0, 0.1) is 0 Å². The number of nitrogens with one attached hydrogen (secondary N) is 1. The van der Waals surface area contributed by atoms with Gasteiger partial charge in [0.2, 0.25) is 0 Å². The summed E-state index contributed by atoms with van der Waals surface area (Å²) in [5.41, 5.74) is 0.0759. The van der Waals surface area contributed by atoms with Gasteiger partial charge >= 0.3 is 12.1 Å². The normalized spacial score (nSPS) is 11.1. The predicted octanol–water partition coefficient (Wildman–Crippen LogP) is 3.65. The second kappa shape index (κ2) is 8.48. The summed E-state index contributed by atoms with van der Waals surface area (Å²) >= 11 is 0. The van der Waals surface area contributed by atoms with Crippen molar-refractivity contribution in [2.24, 2.45) is 0 Å². The van der Waals surface area contributed by atoms with E-state index in [0.29, 0.717) is 6.61 Å². The van der Waals surface area contributed by atoms with E-state index in [1.807, 2.05) is 0 Å². The van der Waals surface area contributed by atoms with Gasteiger partial charge in [-0.05, 0) is 35.9 Å². The van der Waals surface area contributed by atoms with Crippen molar-refractivity contribution < 1.29 is 32.2 Å². The van der Waals surface area contributed by atoms with Crippen LogP contribution in [-0.4, -0.2) is 25.6 Å². The number of halogens is 3. The minimum Gasteiger partial charge on any atom is -0.452 e. The standard InChI is InChI=1S/C18H16F3NO4/c1-25-10-12-4-2-5-13(8-12)17(24)26-11-16(23)22-15-7-3-6-14(9-15)18(19,20)21/h2-9H,10-11H2,1H3,(H,22,23). The molecule has 0 aliphatic heterocycles. The smallest absolute Gasteiger partial charge is 0.416 e. The number of rotatable bonds is 6. The van der Waals surface area contributed by atoms with Gasteiger partial charge in [-0.3, -0.25) is 4.79 Å². The number of amides is 1. The lowest BCUT2D eigenvalue weighted by molar-refractivity contribution is -0.137. The van der Waals surface area contributed by atoms with E-state index in [1.165, 1.54) is 25.3 Å². The van der Waals surface area contributed by atoms with Gasteiger partial charge in [0.05, 0.1) is 17.7 Å². The molecule has 0 atom stereocenters. The zero-order valence-electron chi connectivity index (χ0n) is 13.8. The fraction of sp³-hybridized carbons (Fsp3) is 0.222. The van der Waals surface area contributed by atoms with E-state index in [-0.39, 0.29) is 11.3 Å². The molecular weight excluding hydrogens is 351 g/mol. The molecule has 0 fully saturated rings. The van der Waals surface area contributed by atoms with Crippen LogP contribution in [0.25, 0.3) is 0 Å². The highest BCUT2D eigenvalue weighted by Gasteiger charge is 2.30. The third kappa shape index (κ3) is 5.59. The van der Waals surface area contributed by atoms with Crippen LogP contribution >= 0.6 is 0 Å². The summed E-state index contributed by atoms with van der Waals surface area (Å²) in [7, 11) is 1.52. The highest BCUT2D eigenvalue weighted by molar-refractivity contribution is 5.95. The van der Waals surface area contributed by atoms with Crippen molar-refractivity contribution in [2.45, 2.75) is 12.8 Å². The topological polar surface area (TPSA) is 64.6 Å². The molecule has 0 aliphatic rings. The average Bonchev–Trinajstić information content (AvgIpc) is 2.60. The van der Waals surface area contributed by atoms with Gasteiger partial charge < -0.3 is 14.8 Å². The van der Waals surface area contributed by atoms with Crippen LogP contribution < -0.4 is 5.32 Å². The van der Waals surface area contributed by atoms with E-state index in [0.717, 1.165) is 17.7 Å². The van der Waals surface area contributed by atoms with E-state index in [9.17, 15) is 22.8 Å². The van der Waals surface area contributed by atoms with E-state index in [4.69, 9.17) is 9.47 Å². The van der Waals surface area contributed by atoms with Crippen LogP contribution in [0.4, 0.5) is 18.9 Å². The van der Waals surface area contributed by atoms with Gasteiger partial charge in [0.15, 0.2) is 6.61 Å². The number of anilines is 1. The van der Waals surface area contributed by atoms with Crippen LogP contribution in [0.3, 0.4) is 0 Å². The molecule has 0 heterocycles. The third-order valence-corrected chi connectivity index (χ3v) is 3.28. The Balaban J connectivity index is 1.92. The first kappa shape index (κ1) is 19.5. The van der Waals surface area contributed by atoms with Crippen molar-refractivity contribution in [3.63, 3.8) is 0 Å². The van der Waals surface area contributed by atoms with E-state index in [2.05, 4.69) is 5.32 Å². The fourth-order valence-corrected chi connectivity index (χ4v) is 2.14. The van der Waals surface area contributed by atoms with Gasteiger partial charge in [0.1, 0.15) is 0 Å². The van der Waals surface area contributed by atoms with E-state index in [1.54, 1.807) is 18.2 Å². The number of alkyl halides is 3. The van der Waals surface area contributed by atoms with Gasteiger partial charge in [-0.25, -0.2) is 4.79 Å². The van der Waals surface area contributed by atoms with Crippen LogP contribution in [0.5, 0.6) is 0 Å². The van der Waals surface area contributed by atoms with Gasteiger partial charge in [0.25, 0.3) is 5.91 Å². The third-order valence-electron chi connectivity index (χ3n) is 3.28. The highest BCUT2D eigenvalue weighted by Crippen LogP contribution is 2.30. The van der Waals surface area contributed by atoms with E-state index < -0.39 is 30.2 Å². The van der Waals surface area contributed by atoms with Crippen LogP contribution in [0.1, 0.15) is 21.5 Å². The molecule has 0 radical (unpaired) electrons. The maximum Gasteiger partial charge on any atom is 0.416 e. The molecule has 0 saturated heterocycles. The molecule has 8 heteroatoms. The van der Waals surface area contributed by atoms with Crippen molar-refractivity contribution in [1.29, 1.82) is 0 Å². The van der Waals surface area contributed by atoms with Crippen molar-refractivity contribution in [3.8, 4) is 0 Å². The summed E-state index contributed by atoms with van der Waals surface area (Å²) in [6.45, 7) is -0.305. The van der Waals surface area contributed by atoms with E-state index >= 15 is 0 Å². The molecule has 26 heavy (non-hydrogen) atoms. The van der Waals surface area contributed by atoms with Gasteiger partial charge in [-0.2, -0.15) is 13.2 Å². The maximum atomic E-state index is 12.6. The van der Waals surface area contributed by atoms with Crippen molar-refractivity contribution in [2.75, 3.05) is 19.0 Å². The number of benzene rings is 2. The SMILES string of the molecule is COCc1cccc(C(=O)OCC(=O)Nc2cccc(C(F)(F)F)c2)c1. The first-order chi connectivity index (χ1) is 12.3. The summed E-state index contributed by atoms with van der Waals surface area (Å²) < 4.78 is 47.8. The maximum absolute atomic E-state index is 12.6. The summed E-state index contributed by atoms with van der Waals surface area (Å²) in [5.74, 6) is -1.46. The summed E-state index contributed by atoms with van der Waals surface area (Å²) in [4.78, 5) is 23.7. The molecule has 0 unspecified atom stereocenters. The summed E-state index contributed by atoms with van der Waals surface area (Å²) in [5, 5.41) is 2.26. The Labute approximate surface area is 147 Å². The Morgan fingerprint density at radius 3 is 2.50 bits per heavy atom. The molecule has 0 aliphatic carbocycles.